The van der Waals surface area contributed by atoms with E-state index < -0.39 is 11.5 Å². The number of nitrogens with zero attached hydrogens (tertiary/aromatic N) is 1. The SMILES string of the molecule is CCC(CC)(CN)NC(=O)C1CC(=O)N(c2cc(OC)cc(OC)c2)C1.Cl. The molecule has 1 aromatic carbocycles. The predicted molar refractivity (Wildman–Crippen MR) is 108 cm³/mol. The molecule has 1 atom stereocenters. The van der Waals surface area contributed by atoms with E-state index in [0.29, 0.717) is 30.3 Å². The number of amides is 2. The van der Waals surface area contributed by atoms with Crippen LogP contribution in [0.4, 0.5) is 5.69 Å². The molecule has 0 aliphatic carbocycles. The van der Waals surface area contributed by atoms with Crippen LogP contribution in [0.3, 0.4) is 0 Å². The lowest BCUT2D eigenvalue weighted by molar-refractivity contribution is -0.128. The standard InChI is InChI=1S/C19H29N3O4.ClH/c1-5-19(6-2,12-20)21-18(24)13-7-17(23)22(11-13)14-8-15(25-3)10-16(9-14)26-4;/h8-10,13H,5-7,11-12,20H2,1-4H3,(H,21,24);1H. The number of carbonyl (C=O) groups excluding carboxylic acids is 2. The number of ether oxygens (including phenoxy) is 2. The highest BCUT2D eigenvalue weighted by atomic mass is 35.5. The molecule has 3 N–H and O–H groups in total. The quantitative estimate of drug-likeness (QED) is 0.698. The van der Waals surface area contributed by atoms with Gasteiger partial charge in [0.2, 0.25) is 11.8 Å². The highest BCUT2D eigenvalue weighted by Gasteiger charge is 2.38. The van der Waals surface area contributed by atoms with Crippen molar-refractivity contribution in [1.82, 2.24) is 5.32 Å². The second-order valence-corrected chi connectivity index (χ2v) is 6.66. The summed E-state index contributed by atoms with van der Waals surface area (Å²) in [5, 5.41) is 3.07. The number of nitrogens with two attached hydrogens (primary N) is 1. The van der Waals surface area contributed by atoms with E-state index in [9.17, 15) is 9.59 Å². The van der Waals surface area contributed by atoms with Crippen LogP contribution in [0.15, 0.2) is 18.2 Å². The second-order valence-electron chi connectivity index (χ2n) is 6.66. The molecule has 152 valence electrons. The molecule has 1 aliphatic rings. The zero-order valence-corrected chi connectivity index (χ0v) is 17.2. The number of nitrogens with one attached hydrogen (secondary N) is 1. The number of hydrogen-bond donors (Lipinski definition) is 2. The normalized spacial score (nSPS) is 16.7. The summed E-state index contributed by atoms with van der Waals surface area (Å²) in [6.45, 7) is 4.72. The molecule has 0 radical (unpaired) electrons. The molecule has 8 heteroatoms. The Morgan fingerprint density at radius 1 is 1.22 bits per heavy atom. The predicted octanol–water partition coefficient (Wildman–Crippen LogP) is 2.11. The molecule has 27 heavy (non-hydrogen) atoms. The van der Waals surface area contributed by atoms with Gasteiger partial charge < -0.3 is 25.4 Å². The third-order valence-electron chi connectivity index (χ3n) is 5.28. The smallest absolute Gasteiger partial charge is 0.227 e. The van der Waals surface area contributed by atoms with E-state index >= 15 is 0 Å². The van der Waals surface area contributed by atoms with Gasteiger partial charge in [-0.15, -0.1) is 12.4 Å². The Balaban J connectivity index is 0.00000364. The number of rotatable bonds is 8. The van der Waals surface area contributed by atoms with E-state index in [1.807, 2.05) is 13.8 Å². The van der Waals surface area contributed by atoms with E-state index in [4.69, 9.17) is 15.2 Å². The van der Waals surface area contributed by atoms with Crippen LogP contribution in [0.25, 0.3) is 0 Å². The van der Waals surface area contributed by atoms with Crippen LogP contribution in [0.2, 0.25) is 0 Å². The molecule has 1 unspecified atom stereocenters. The van der Waals surface area contributed by atoms with Gasteiger partial charge >= 0.3 is 0 Å². The highest BCUT2D eigenvalue weighted by Crippen LogP contribution is 2.32. The molecular formula is C19H30ClN3O4. The minimum absolute atomic E-state index is 0. The number of carbonyl (C=O) groups is 2. The van der Waals surface area contributed by atoms with E-state index in [2.05, 4.69) is 5.32 Å². The maximum Gasteiger partial charge on any atom is 0.227 e. The van der Waals surface area contributed by atoms with E-state index in [1.165, 1.54) is 0 Å². The molecule has 1 heterocycles. The Labute approximate surface area is 167 Å². The van der Waals surface area contributed by atoms with Gasteiger partial charge in [-0.1, -0.05) is 13.8 Å². The molecule has 2 rings (SSSR count). The fourth-order valence-corrected chi connectivity index (χ4v) is 3.21. The molecule has 2 amide bonds. The van der Waals surface area contributed by atoms with Crippen molar-refractivity contribution in [2.75, 3.05) is 32.2 Å². The molecule has 1 fully saturated rings. The number of hydrogen-bond acceptors (Lipinski definition) is 5. The molecule has 1 saturated heterocycles. The zero-order valence-electron chi connectivity index (χ0n) is 16.4. The summed E-state index contributed by atoms with van der Waals surface area (Å²) in [5.41, 5.74) is 6.12. The van der Waals surface area contributed by atoms with Crippen molar-refractivity contribution in [2.24, 2.45) is 11.7 Å². The Morgan fingerprint density at radius 3 is 2.22 bits per heavy atom. The number of halogens is 1. The van der Waals surface area contributed by atoms with Crippen molar-refractivity contribution in [2.45, 2.75) is 38.6 Å². The first-order valence-corrected chi connectivity index (χ1v) is 8.97. The first-order chi connectivity index (χ1) is 12.4. The number of methoxy groups -OCH3 is 2. The van der Waals surface area contributed by atoms with Gasteiger partial charge in [-0.2, -0.15) is 0 Å². The topological polar surface area (TPSA) is 93.9 Å². The summed E-state index contributed by atoms with van der Waals surface area (Å²) in [4.78, 5) is 26.8. The Morgan fingerprint density at radius 2 is 1.78 bits per heavy atom. The zero-order chi connectivity index (χ0) is 19.3. The minimum atomic E-state index is -0.410. The summed E-state index contributed by atoms with van der Waals surface area (Å²) < 4.78 is 10.5. The van der Waals surface area contributed by atoms with Crippen molar-refractivity contribution >= 4 is 29.9 Å². The first-order valence-electron chi connectivity index (χ1n) is 8.97. The van der Waals surface area contributed by atoms with Gasteiger partial charge in [-0.05, 0) is 12.8 Å². The van der Waals surface area contributed by atoms with Gasteiger partial charge in [0.05, 0.1) is 31.4 Å². The third-order valence-corrected chi connectivity index (χ3v) is 5.28. The van der Waals surface area contributed by atoms with E-state index in [-0.39, 0.29) is 30.6 Å². The van der Waals surface area contributed by atoms with Crippen molar-refractivity contribution in [3.8, 4) is 11.5 Å². The van der Waals surface area contributed by atoms with Crippen LogP contribution in [-0.2, 0) is 9.59 Å². The molecule has 1 aliphatic heterocycles. The molecule has 0 aromatic heterocycles. The van der Waals surface area contributed by atoms with E-state index in [1.54, 1.807) is 37.3 Å². The van der Waals surface area contributed by atoms with Gasteiger partial charge in [-0.25, -0.2) is 0 Å². The monoisotopic (exact) mass is 399 g/mol. The second kappa shape index (κ2) is 9.80. The highest BCUT2D eigenvalue weighted by molar-refractivity contribution is 6.00. The van der Waals surface area contributed by atoms with Gasteiger partial charge in [0, 0.05) is 37.7 Å². The maximum absolute atomic E-state index is 12.7. The minimum Gasteiger partial charge on any atom is -0.497 e. The maximum atomic E-state index is 12.7. The molecule has 1 aromatic rings. The molecular weight excluding hydrogens is 370 g/mol. The van der Waals surface area contributed by atoms with Crippen molar-refractivity contribution in [3.05, 3.63) is 18.2 Å². The average Bonchev–Trinajstić information content (AvgIpc) is 3.07. The lowest BCUT2D eigenvalue weighted by Gasteiger charge is -2.32. The fraction of sp³-hybridized carbons (Fsp3) is 0.579. The number of benzene rings is 1. The molecule has 7 nitrogen and oxygen atoms in total. The third kappa shape index (κ3) is 5.05. The van der Waals surface area contributed by atoms with Crippen LogP contribution in [0, 0.1) is 5.92 Å². The Bertz CT molecular complexity index is 634. The van der Waals surface area contributed by atoms with Crippen molar-refractivity contribution in [3.63, 3.8) is 0 Å². The van der Waals surface area contributed by atoms with Crippen LogP contribution < -0.4 is 25.4 Å². The Kier molecular flexibility index (Phi) is 8.37. The van der Waals surface area contributed by atoms with Crippen molar-refractivity contribution in [1.29, 1.82) is 0 Å². The molecule has 0 bridgehead atoms. The van der Waals surface area contributed by atoms with Crippen molar-refractivity contribution < 1.29 is 19.1 Å². The summed E-state index contributed by atoms with van der Waals surface area (Å²) in [5.74, 6) is 0.582. The molecule has 0 saturated carbocycles. The van der Waals surface area contributed by atoms with Gasteiger partial charge in [-0.3, -0.25) is 9.59 Å². The first kappa shape index (κ1) is 23.0. The van der Waals surface area contributed by atoms with Crippen LogP contribution in [0.1, 0.15) is 33.1 Å². The summed E-state index contributed by atoms with van der Waals surface area (Å²) >= 11 is 0. The van der Waals surface area contributed by atoms with Crippen LogP contribution in [-0.4, -0.2) is 44.7 Å². The largest absolute Gasteiger partial charge is 0.497 e. The van der Waals surface area contributed by atoms with Gasteiger partial charge in [0.25, 0.3) is 0 Å². The average molecular weight is 400 g/mol. The summed E-state index contributed by atoms with van der Waals surface area (Å²) in [6, 6.07) is 5.28. The van der Waals surface area contributed by atoms with Crippen LogP contribution >= 0.6 is 12.4 Å². The van der Waals surface area contributed by atoms with Gasteiger partial charge in [0.15, 0.2) is 0 Å². The lowest BCUT2D eigenvalue weighted by Crippen LogP contribution is -2.54. The summed E-state index contributed by atoms with van der Waals surface area (Å²) in [7, 11) is 3.12. The van der Waals surface area contributed by atoms with E-state index in [0.717, 1.165) is 12.8 Å². The fourth-order valence-electron chi connectivity index (χ4n) is 3.21. The number of anilines is 1. The van der Waals surface area contributed by atoms with Gasteiger partial charge in [0.1, 0.15) is 11.5 Å². The summed E-state index contributed by atoms with van der Waals surface area (Å²) in [6.07, 6.45) is 1.69. The van der Waals surface area contributed by atoms with Crippen LogP contribution in [0.5, 0.6) is 11.5 Å². The lowest BCUT2D eigenvalue weighted by atomic mass is 9.91. The molecule has 0 spiro atoms. The Hall–Kier alpha value is -1.99.